The van der Waals surface area contributed by atoms with Gasteiger partial charge in [0.05, 0.1) is 0 Å². The molecule has 1 aromatic carbocycles. The first-order chi connectivity index (χ1) is 11.0. The molecule has 1 fully saturated rings. The van der Waals surface area contributed by atoms with Crippen molar-refractivity contribution in [3.8, 4) is 0 Å². The summed E-state index contributed by atoms with van der Waals surface area (Å²) in [6.07, 6.45) is 0.941. The van der Waals surface area contributed by atoms with E-state index in [4.69, 9.17) is 11.6 Å². The number of hydrogen-bond donors (Lipinski definition) is 2. The fourth-order valence-electron chi connectivity index (χ4n) is 2.66. The van der Waals surface area contributed by atoms with Crippen molar-refractivity contribution >= 4 is 47.4 Å². The lowest BCUT2D eigenvalue weighted by Gasteiger charge is -2.20. The summed E-state index contributed by atoms with van der Waals surface area (Å²) in [4.78, 5) is 18.2. The fraction of sp³-hybridized carbons (Fsp3) is 0.529. The van der Waals surface area contributed by atoms with Crippen LogP contribution in [0.3, 0.4) is 0 Å². The van der Waals surface area contributed by atoms with E-state index in [1.54, 1.807) is 7.05 Å². The molecule has 2 rings (SSSR count). The second-order valence-electron chi connectivity index (χ2n) is 6.12. The van der Waals surface area contributed by atoms with E-state index < -0.39 is 0 Å². The third-order valence-corrected chi connectivity index (χ3v) is 4.14. The molecule has 1 saturated heterocycles. The third kappa shape index (κ3) is 6.12. The van der Waals surface area contributed by atoms with Gasteiger partial charge in [-0.1, -0.05) is 37.6 Å². The molecular formula is C17H26ClIN4O. The van der Waals surface area contributed by atoms with E-state index in [1.165, 1.54) is 0 Å². The number of hydrogen-bond acceptors (Lipinski definition) is 2. The predicted octanol–water partition coefficient (Wildman–Crippen LogP) is 2.88. The van der Waals surface area contributed by atoms with E-state index in [0.717, 1.165) is 36.1 Å². The molecule has 1 heterocycles. The number of amides is 1. The minimum absolute atomic E-state index is 0. The topological polar surface area (TPSA) is 56.7 Å². The number of benzene rings is 1. The Hall–Kier alpha value is -1.02. The molecule has 134 valence electrons. The van der Waals surface area contributed by atoms with Crippen LogP contribution in [-0.4, -0.2) is 42.9 Å². The summed E-state index contributed by atoms with van der Waals surface area (Å²) >= 11 is 5.99. The molecule has 0 bridgehead atoms. The van der Waals surface area contributed by atoms with Crippen LogP contribution in [0.5, 0.6) is 0 Å². The molecular weight excluding hydrogens is 439 g/mol. The molecule has 1 unspecified atom stereocenters. The van der Waals surface area contributed by atoms with E-state index in [1.807, 2.05) is 43.0 Å². The molecule has 0 radical (unpaired) electrons. The van der Waals surface area contributed by atoms with Gasteiger partial charge >= 0.3 is 0 Å². The van der Waals surface area contributed by atoms with Crippen LogP contribution >= 0.6 is 35.6 Å². The Balaban J connectivity index is 0.00000288. The Bertz CT molecular complexity index is 579. The maximum Gasteiger partial charge on any atom is 0.225 e. The maximum absolute atomic E-state index is 12.0. The first kappa shape index (κ1) is 21.0. The zero-order chi connectivity index (χ0) is 16.8. The third-order valence-electron chi connectivity index (χ3n) is 3.91. The average molecular weight is 465 g/mol. The monoisotopic (exact) mass is 464 g/mol. The number of likely N-dealkylation sites (tertiary alicyclic amines) is 1. The number of nitrogens with one attached hydrogen (secondary N) is 2. The smallest absolute Gasteiger partial charge is 0.225 e. The van der Waals surface area contributed by atoms with E-state index in [0.29, 0.717) is 6.54 Å². The van der Waals surface area contributed by atoms with Gasteiger partial charge in [-0.2, -0.15) is 0 Å². The van der Waals surface area contributed by atoms with Gasteiger partial charge in [0.25, 0.3) is 0 Å². The molecule has 1 aromatic rings. The van der Waals surface area contributed by atoms with Gasteiger partial charge in [0, 0.05) is 43.7 Å². The van der Waals surface area contributed by atoms with Crippen LogP contribution in [0.15, 0.2) is 29.3 Å². The first-order valence-electron chi connectivity index (χ1n) is 8.00. The molecule has 5 nitrogen and oxygen atoms in total. The second kappa shape index (κ2) is 10.1. The van der Waals surface area contributed by atoms with Gasteiger partial charge in [0.1, 0.15) is 0 Å². The largest absolute Gasteiger partial charge is 0.352 e. The number of aliphatic imine (C=N–C) groups is 1. The Labute approximate surface area is 166 Å². The highest BCUT2D eigenvalue weighted by Gasteiger charge is 2.27. The molecule has 2 N–H and O–H groups in total. The minimum Gasteiger partial charge on any atom is -0.352 e. The van der Waals surface area contributed by atoms with Gasteiger partial charge in [-0.25, -0.2) is 0 Å². The van der Waals surface area contributed by atoms with Crippen LogP contribution in [0.2, 0.25) is 5.02 Å². The van der Waals surface area contributed by atoms with Crippen LogP contribution in [-0.2, 0) is 11.3 Å². The molecule has 0 aromatic heterocycles. The Morgan fingerprint density at radius 2 is 2.21 bits per heavy atom. The van der Waals surface area contributed by atoms with Crippen molar-refractivity contribution in [2.45, 2.75) is 32.9 Å². The summed E-state index contributed by atoms with van der Waals surface area (Å²) in [6.45, 7) is 6.07. The fourth-order valence-corrected chi connectivity index (χ4v) is 2.88. The highest BCUT2D eigenvalue weighted by atomic mass is 127. The summed E-state index contributed by atoms with van der Waals surface area (Å²) in [6, 6.07) is 7.98. The molecule has 0 aliphatic carbocycles. The summed E-state index contributed by atoms with van der Waals surface area (Å²) in [7, 11) is 1.75. The van der Waals surface area contributed by atoms with Crippen molar-refractivity contribution in [1.82, 2.24) is 15.5 Å². The molecule has 1 aliphatic rings. The van der Waals surface area contributed by atoms with Crippen LogP contribution in [0.4, 0.5) is 0 Å². The van der Waals surface area contributed by atoms with Crippen molar-refractivity contribution in [2.75, 3.05) is 20.1 Å². The Kier molecular flexibility index (Phi) is 8.83. The molecule has 0 saturated carbocycles. The maximum atomic E-state index is 12.0. The Morgan fingerprint density at radius 1 is 1.46 bits per heavy atom. The van der Waals surface area contributed by atoms with Crippen molar-refractivity contribution in [3.05, 3.63) is 34.9 Å². The van der Waals surface area contributed by atoms with Crippen molar-refractivity contribution in [3.63, 3.8) is 0 Å². The average Bonchev–Trinajstić information content (AvgIpc) is 2.99. The highest BCUT2D eigenvalue weighted by Crippen LogP contribution is 2.13. The highest BCUT2D eigenvalue weighted by molar-refractivity contribution is 14.0. The van der Waals surface area contributed by atoms with Crippen LogP contribution < -0.4 is 10.6 Å². The van der Waals surface area contributed by atoms with Crippen molar-refractivity contribution in [2.24, 2.45) is 10.9 Å². The normalized spacial score (nSPS) is 17.6. The van der Waals surface area contributed by atoms with Gasteiger partial charge in [0.2, 0.25) is 5.91 Å². The SMILES string of the molecule is CN=C(NCc1cccc(Cl)c1)NC1CCN(C(=O)C(C)C)C1.I. The van der Waals surface area contributed by atoms with E-state index in [2.05, 4.69) is 15.6 Å². The van der Waals surface area contributed by atoms with Crippen LogP contribution in [0, 0.1) is 5.92 Å². The van der Waals surface area contributed by atoms with Gasteiger partial charge < -0.3 is 15.5 Å². The lowest BCUT2D eigenvalue weighted by molar-refractivity contribution is -0.133. The van der Waals surface area contributed by atoms with Crippen LogP contribution in [0.1, 0.15) is 25.8 Å². The second-order valence-corrected chi connectivity index (χ2v) is 6.56. The number of guanidine groups is 1. The molecule has 7 heteroatoms. The van der Waals surface area contributed by atoms with Gasteiger partial charge in [-0.15, -0.1) is 24.0 Å². The molecule has 1 aliphatic heterocycles. The summed E-state index contributed by atoms with van der Waals surface area (Å²) in [5, 5.41) is 7.40. The summed E-state index contributed by atoms with van der Waals surface area (Å²) in [5.41, 5.74) is 1.10. The standard InChI is InChI=1S/C17H25ClN4O.HI/c1-12(2)16(23)22-8-7-15(11-22)21-17(19-3)20-10-13-5-4-6-14(18)9-13;/h4-6,9,12,15H,7-8,10-11H2,1-3H3,(H2,19,20,21);1H. The van der Waals surface area contributed by atoms with E-state index >= 15 is 0 Å². The predicted molar refractivity (Wildman–Crippen MR) is 110 cm³/mol. The number of rotatable bonds is 4. The minimum atomic E-state index is 0. The lowest BCUT2D eigenvalue weighted by atomic mass is 10.2. The van der Waals surface area contributed by atoms with Crippen LogP contribution in [0.25, 0.3) is 0 Å². The quantitative estimate of drug-likeness (QED) is 0.409. The van der Waals surface area contributed by atoms with Crippen molar-refractivity contribution in [1.29, 1.82) is 0 Å². The van der Waals surface area contributed by atoms with E-state index in [9.17, 15) is 4.79 Å². The number of carbonyl (C=O) groups excluding carboxylic acids is 1. The summed E-state index contributed by atoms with van der Waals surface area (Å²) in [5.74, 6) is 1.01. The van der Waals surface area contributed by atoms with Gasteiger partial charge in [-0.05, 0) is 24.1 Å². The molecule has 1 amide bonds. The molecule has 1 atom stereocenters. The zero-order valence-corrected chi connectivity index (χ0v) is 17.5. The summed E-state index contributed by atoms with van der Waals surface area (Å²) < 4.78 is 0. The van der Waals surface area contributed by atoms with Crippen molar-refractivity contribution < 1.29 is 4.79 Å². The van der Waals surface area contributed by atoms with Gasteiger partial charge in [-0.3, -0.25) is 9.79 Å². The number of carbonyl (C=O) groups is 1. The number of halogens is 2. The zero-order valence-electron chi connectivity index (χ0n) is 14.4. The van der Waals surface area contributed by atoms with E-state index in [-0.39, 0.29) is 41.8 Å². The Morgan fingerprint density at radius 3 is 2.83 bits per heavy atom. The lowest BCUT2D eigenvalue weighted by Crippen LogP contribution is -2.45. The molecule has 0 spiro atoms. The van der Waals surface area contributed by atoms with Gasteiger partial charge in [0.15, 0.2) is 5.96 Å². The molecule has 24 heavy (non-hydrogen) atoms. The first-order valence-corrected chi connectivity index (χ1v) is 8.37. The number of nitrogens with zero attached hydrogens (tertiary/aromatic N) is 2.